The highest BCUT2D eigenvalue weighted by atomic mass is 19.1. The molecular weight excluding hydrogens is 312 g/mol. The number of amides is 1. The maximum Gasteiger partial charge on any atom is 0.224 e. The third-order valence-electron chi connectivity index (χ3n) is 5.20. The van der Waals surface area contributed by atoms with E-state index in [1.807, 2.05) is 4.90 Å². The van der Waals surface area contributed by atoms with E-state index in [2.05, 4.69) is 5.32 Å². The van der Waals surface area contributed by atoms with Gasteiger partial charge in [0.15, 0.2) is 0 Å². The molecule has 4 nitrogen and oxygen atoms in total. The van der Waals surface area contributed by atoms with Gasteiger partial charge in [0, 0.05) is 30.7 Å². The van der Waals surface area contributed by atoms with Crippen molar-refractivity contribution in [2.24, 2.45) is 11.7 Å². The molecule has 1 aromatic rings. The number of halogens is 2. The Hall–Kier alpha value is -1.53. The predicted molar refractivity (Wildman–Crippen MR) is 88.1 cm³/mol. The van der Waals surface area contributed by atoms with Crippen LogP contribution in [0, 0.1) is 17.6 Å². The molecule has 1 saturated carbocycles. The first-order chi connectivity index (χ1) is 11.5. The van der Waals surface area contributed by atoms with E-state index in [0.717, 1.165) is 38.6 Å². The van der Waals surface area contributed by atoms with Gasteiger partial charge in [-0.1, -0.05) is 12.5 Å². The standard InChI is InChI=1S/C18H25F2N3O/c19-15-6-2-7-16(20)14(15)11-23-9-3-4-12(10-23)22-18(24)13-5-1-8-17(13)21/h2,6-7,12-13,17H,1,3-5,8-11,21H2,(H,22,24). The van der Waals surface area contributed by atoms with Gasteiger partial charge in [-0.15, -0.1) is 0 Å². The van der Waals surface area contributed by atoms with Gasteiger partial charge in [0.1, 0.15) is 11.6 Å². The van der Waals surface area contributed by atoms with Crippen LogP contribution in [0.5, 0.6) is 0 Å². The Labute approximate surface area is 141 Å². The van der Waals surface area contributed by atoms with Gasteiger partial charge in [0.2, 0.25) is 5.91 Å². The highest BCUT2D eigenvalue weighted by molar-refractivity contribution is 5.80. The second-order valence-corrected chi connectivity index (χ2v) is 6.98. The van der Waals surface area contributed by atoms with E-state index in [9.17, 15) is 13.6 Å². The molecule has 1 aliphatic carbocycles. The topological polar surface area (TPSA) is 58.4 Å². The Kier molecular flexibility index (Phi) is 5.46. The number of hydrogen-bond donors (Lipinski definition) is 2. The maximum atomic E-state index is 13.8. The Morgan fingerprint density at radius 3 is 2.62 bits per heavy atom. The number of carbonyl (C=O) groups excluding carboxylic acids is 1. The van der Waals surface area contributed by atoms with E-state index in [0.29, 0.717) is 6.54 Å². The zero-order valence-electron chi connectivity index (χ0n) is 13.8. The van der Waals surface area contributed by atoms with Gasteiger partial charge in [0.25, 0.3) is 0 Å². The number of benzene rings is 1. The average molecular weight is 337 g/mol. The molecule has 1 aliphatic heterocycles. The average Bonchev–Trinajstić information content (AvgIpc) is 2.98. The quantitative estimate of drug-likeness (QED) is 0.885. The molecule has 0 radical (unpaired) electrons. The summed E-state index contributed by atoms with van der Waals surface area (Å²) in [5.74, 6) is -1.09. The summed E-state index contributed by atoms with van der Waals surface area (Å²) in [5, 5.41) is 3.09. The van der Waals surface area contributed by atoms with Gasteiger partial charge in [-0.05, 0) is 44.4 Å². The van der Waals surface area contributed by atoms with Gasteiger partial charge in [-0.3, -0.25) is 9.69 Å². The van der Waals surface area contributed by atoms with E-state index in [1.54, 1.807) is 0 Å². The molecule has 1 amide bonds. The summed E-state index contributed by atoms with van der Waals surface area (Å²) in [6, 6.07) is 3.91. The molecule has 3 unspecified atom stereocenters. The minimum Gasteiger partial charge on any atom is -0.352 e. The van der Waals surface area contributed by atoms with Crippen molar-refractivity contribution < 1.29 is 13.6 Å². The van der Waals surface area contributed by atoms with E-state index >= 15 is 0 Å². The van der Waals surface area contributed by atoms with Gasteiger partial charge < -0.3 is 11.1 Å². The van der Waals surface area contributed by atoms with Crippen LogP contribution in [-0.4, -0.2) is 36.0 Å². The molecule has 3 atom stereocenters. The molecule has 2 fully saturated rings. The summed E-state index contributed by atoms with van der Waals surface area (Å²) < 4.78 is 27.6. The van der Waals surface area contributed by atoms with Crippen LogP contribution in [0.15, 0.2) is 18.2 Å². The Bertz CT molecular complexity index is 575. The van der Waals surface area contributed by atoms with Crippen molar-refractivity contribution in [3.05, 3.63) is 35.4 Å². The summed E-state index contributed by atoms with van der Waals surface area (Å²) in [6.07, 6.45) is 4.55. The highest BCUT2D eigenvalue weighted by Crippen LogP contribution is 2.25. The first kappa shape index (κ1) is 17.3. The number of rotatable bonds is 4. The smallest absolute Gasteiger partial charge is 0.224 e. The molecule has 1 aromatic carbocycles. The van der Waals surface area contributed by atoms with Gasteiger partial charge in [-0.2, -0.15) is 0 Å². The van der Waals surface area contributed by atoms with E-state index in [1.165, 1.54) is 18.2 Å². The zero-order chi connectivity index (χ0) is 17.1. The molecule has 3 rings (SSSR count). The van der Waals surface area contributed by atoms with E-state index in [4.69, 9.17) is 5.73 Å². The highest BCUT2D eigenvalue weighted by Gasteiger charge is 2.32. The predicted octanol–water partition coefficient (Wildman–Crippen LogP) is 2.17. The van der Waals surface area contributed by atoms with Crippen molar-refractivity contribution in [2.45, 2.75) is 50.7 Å². The minimum absolute atomic E-state index is 0.0221. The van der Waals surface area contributed by atoms with Crippen LogP contribution in [0.2, 0.25) is 0 Å². The van der Waals surface area contributed by atoms with Crippen LogP contribution in [-0.2, 0) is 11.3 Å². The molecule has 1 heterocycles. The Morgan fingerprint density at radius 2 is 1.96 bits per heavy atom. The van der Waals surface area contributed by atoms with Crippen LogP contribution in [0.4, 0.5) is 8.78 Å². The second-order valence-electron chi connectivity index (χ2n) is 6.98. The Morgan fingerprint density at radius 1 is 1.21 bits per heavy atom. The van der Waals surface area contributed by atoms with Crippen LogP contribution >= 0.6 is 0 Å². The first-order valence-electron chi connectivity index (χ1n) is 8.76. The first-order valence-corrected chi connectivity index (χ1v) is 8.76. The van der Waals surface area contributed by atoms with Crippen molar-refractivity contribution in [2.75, 3.05) is 13.1 Å². The second kappa shape index (κ2) is 7.57. The lowest BCUT2D eigenvalue weighted by Gasteiger charge is -2.34. The number of piperidine rings is 1. The van der Waals surface area contributed by atoms with E-state index < -0.39 is 11.6 Å². The third kappa shape index (κ3) is 3.92. The van der Waals surface area contributed by atoms with Crippen molar-refractivity contribution in [3.63, 3.8) is 0 Å². The maximum absolute atomic E-state index is 13.8. The molecule has 0 spiro atoms. The van der Waals surface area contributed by atoms with Crippen molar-refractivity contribution in [3.8, 4) is 0 Å². The summed E-state index contributed by atoms with van der Waals surface area (Å²) in [4.78, 5) is 14.4. The zero-order valence-corrected chi connectivity index (χ0v) is 13.8. The molecular formula is C18H25F2N3O. The lowest BCUT2D eigenvalue weighted by atomic mass is 10.0. The van der Waals surface area contributed by atoms with Gasteiger partial charge in [-0.25, -0.2) is 8.78 Å². The number of likely N-dealkylation sites (tertiary alicyclic amines) is 1. The molecule has 0 bridgehead atoms. The fourth-order valence-electron chi connectivity index (χ4n) is 3.85. The SMILES string of the molecule is NC1CCCC1C(=O)NC1CCCN(Cc2c(F)cccc2F)C1. The van der Waals surface area contributed by atoms with E-state index in [-0.39, 0.29) is 36.0 Å². The van der Waals surface area contributed by atoms with Crippen LogP contribution in [0.25, 0.3) is 0 Å². The summed E-state index contributed by atoms with van der Waals surface area (Å²) in [7, 11) is 0. The van der Waals surface area contributed by atoms with Crippen LogP contribution in [0.3, 0.4) is 0 Å². The molecule has 2 aliphatic rings. The van der Waals surface area contributed by atoms with Gasteiger partial charge >= 0.3 is 0 Å². The number of hydrogen-bond acceptors (Lipinski definition) is 3. The number of nitrogens with two attached hydrogens (primary N) is 1. The summed E-state index contributed by atoms with van der Waals surface area (Å²) in [5.41, 5.74) is 6.09. The van der Waals surface area contributed by atoms with Gasteiger partial charge in [0.05, 0.1) is 5.92 Å². The number of carbonyl (C=O) groups is 1. The van der Waals surface area contributed by atoms with Crippen molar-refractivity contribution in [1.29, 1.82) is 0 Å². The fourth-order valence-corrected chi connectivity index (χ4v) is 3.85. The third-order valence-corrected chi connectivity index (χ3v) is 5.20. The van der Waals surface area contributed by atoms with Crippen molar-refractivity contribution >= 4 is 5.91 Å². The number of nitrogens with one attached hydrogen (secondary N) is 1. The molecule has 3 N–H and O–H groups in total. The lowest BCUT2D eigenvalue weighted by molar-refractivity contribution is -0.126. The monoisotopic (exact) mass is 337 g/mol. The van der Waals surface area contributed by atoms with Crippen LogP contribution < -0.4 is 11.1 Å². The molecule has 0 aromatic heterocycles. The lowest BCUT2D eigenvalue weighted by Crippen LogP contribution is -2.50. The normalized spacial score (nSPS) is 28.0. The molecule has 6 heteroatoms. The fraction of sp³-hybridized carbons (Fsp3) is 0.611. The minimum atomic E-state index is -0.516. The number of nitrogens with zero attached hydrogens (tertiary/aromatic N) is 1. The molecule has 132 valence electrons. The molecule has 1 saturated heterocycles. The largest absolute Gasteiger partial charge is 0.352 e. The summed E-state index contributed by atoms with van der Waals surface area (Å²) in [6.45, 7) is 1.62. The van der Waals surface area contributed by atoms with Crippen LogP contribution in [0.1, 0.15) is 37.7 Å². The summed E-state index contributed by atoms with van der Waals surface area (Å²) >= 11 is 0. The Balaban J connectivity index is 1.57. The van der Waals surface area contributed by atoms with Crippen molar-refractivity contribution in [1.82, 2.24) is 10.2 Å². The molecule has 24 heavy (non-hydrogen) atoms.